The molecule has 0 N–H and O–H groups in total. The van der Waals surface area contributed by atoms with Crippen LogP contribution in [0.1, 0.15) is 35.1 Å². The minimum Gasteiger partial charge on any atom is -0.496 e. The van der Waals surface area contributed by atoms with E-state index in [9.17, 15) is 0 Å². The van der Waals surface area contributed by atoms with Crippen LogP contribution >= 0.6 is 0 Å². The summed E-state index contributed by atoms with van der Waals surface area (Å²) in [6, 6.07) is 22.3. The third-order valence-corrected chi connectivity index (χ3v) is 5.29. The van der Waals surface area contributed by atoms with Crippen molar-refractivity contribution in [1.82, 2.24) is 0 Å². The average molecular weight is 376 g/mol. The lowest BCUT2D eigenvalue weighted by Crippen LogP contribution is -2.20. The predicted molar refractivity (Wildman–Crippen MR) is 109 cm³/mol. The van der Waals surface area contributed by atoms with Crippen LogP contribution in [-0.2, 0) is 0 Å². The smallest absolute Gasteiger partial charge is 0.130 e. The summed E-state index contributed by atoms with van der Waals surface area (Å²) in [6.45, 7) is 0. The Labute approximate surface area is 165 Å². The standard InChI is InChI=1S/C24H24O4/c1-25-17-13-22(26-2)24(23(14-17)27-3)19-15-21(16-9-5-4-6-10-16)28-20-12-8-7-11-18(19)20/h4-14,19,21H,15H2,1-3H3. The highest BCUT2D eigenvalue weighted by molar-refractivity contribution is 5.57. The maximum Gasteiger partial charge on any atom is 0.130 e. The summed E-state index contributed by atoms with van der Waals surface area (Å²) in [7, 11) is 5.00. The van der Waals surface area contributed by atoms with Crippen LogP contribution in [0.3, 0.4) is 0 Å². The van der Waals surface area contributed by atoms with Crippen molar-refractivity contribution in [1.29, 1.82) is 0 Å². The fraction of sp³-hybridized carbons (Fsp3) is 0.250. The molecule has 2 atom stereocenters. The Bertz CT molecular complexity index is 927. The minimum atomic E-state index is -0.0439. The molecule has 0 aromatic heterocycles. The second kappa shape index (κ2) is 7.85. The molecule has 2 unspecified atom stereocenters. The van der Waals surface area contributed by atoms with Crippen molar-refractivity contribution >= 4 is 0 Å². The number of rotatable bonds is 5. The molecule has 3 aromatic rings. The number of hydrogen-bond donors (Lipinski definition) is 0. The van der Waals surface area contributed by atoms with Crippen molar-refractivity contribution < 1.29 is 18.9 Å². The number of hydrogen-bond acceptors (Lipinski definition) is 4. The van der Waals surface area contributed by atoms with E-state index in [0.29, 0.717) is 5.75 Å². The van der Waals surface area contributed by atoms with E-state index in [2.05, 4.69) is 18.2 Å². The van der Waals surface area contributed by atoms with Crippen LogP contribution in [-0.4, -0.2) is 21.3 Å². The first kappa shape index (κ1) is 18.2. The molecule has 0 spiro atoms. The Hall–Kier alpha value is -3.14. The molecular formula is C24H24O4. The summed E-state index contributed by atoms with van der Waals surface area (Å²) < 4.78 is 23.2. The lowest BCUT2D eigenvalue weighted by molar-refractivity contribution is 0.166. The van der Waals surface area contributed by atoms with Gasteiger partial charge in [0.1, 0.15) is 29.1 Å². The summed E-state index contributed by atoms with van der Waals surface area (Å²) in [5.74, 6) is 3.19. The molecule has 0 bridgehead atoms. The first-order chi connectivity index (χ1) is 13.7. The zero-order valence-electron chi connectivity index (χ0n) is 16.3. The van der Waals surface area contributed by atoms with Gasteiger partial charge >= 0.3 is 0 Å². The van der Waals surface area contributed by atoms with E-state index in [1.165, 1.54) is 0 Å². The molecule has 1 heterocycles. The molecule has 0 fully saturated rings. The topological polar surface area (TPSA) is 36.9 Å². The van der Waals surface area contributed by atoms with Crippen LogP contribution in [0.2, 0.25) is 0 Å². The highest BCUT2D eigenvalue weighted by atomic mass is 16.5. The van der Waals surface area contributed by atoms with Gasteiger partial charge in [-0.1, -0.05) is 48.5 Å². The lowest BCUT2D eigenvalue weighted by atomic mass is 9.81. The monoisotopic (exact) mass is 376 g/mol. The van der Waals surface area contributed by atoms with Gasteiger partial charge in [0.05, 0.1) is 21.3 Å². The van der Waals surface area contributed by atoms with Crippen LogP contribution in [0.25, 0.3) is 0 Å². The molecule has 0 amide bonds. The first-order valence-corrected chi connectivity index (χ1v) is 9.35. The Balaban J connectivity index is 1.86. The molecule has 144 valence electrons. The van der Waals surface area contributed by atoms with Gasteiger partial charge in [0.2, 0.25) is 0 Å². The second-order valence-electron chi connectivity index (χ2n) is 6.79. The molecule has 28 heavy (non-hydrogen) atoms. The highest BCUT2D eigenvalue weighted by Crippen LogP contribution is 2.50. The van der Waals surface area contributed by atoms with E-state index in [4.69, 9.17) is 18.9 Å². The van der Waals surface area contributed by atoms with Crippen LogP contribution in [0.5, 0.6) is 23.0 Å². The quantitative estimate of drug-likeness (QED) is 0.600. The van der Waals surface area contributed by atoms with Crippen LogP contribution in [0.15, 0.2) is 66.7 Å². The average Bonchev–Trinajstić information content (AvgIpc) is 2.77. The molecule has 0 aliphatic carbocycles. The number of para-hydroxylation sites is 1. The molecule has 4 heteroatoms. The van der Waals surface area contributed by atoms with Crippen molar-refractivity contribution in [3.63, 3.8) is 0 Å². The number of methoxy groups -OCH3 is 3. The third kappa shape index (κ3) is 3.26. The summed E-state index contributed by atoms with van der Waals surface area (Å²) >= 11 is 0. The molecule has 0 saturated heterocycles. The maximum atomic E-state index is 6.36. The van der Waals surface area contributed by atoms with Crippen molar-refractivity contribution in [2.75, 3.05) is 21.3 Å². The third-order valence-electron chi connectivity index (χ3n) is 5.29. The second-order valence-corrected chi connectivity index (χ2v) is 6.79. The number of ether oxygens (including phenoxy) is 4. The van der Waals surface area contributed by atoms with Crippen molar-refractivity contribution in [2.24, 2.45) is 0 Å². The summed E-state index contributed by atoms with van der Waals surface area (Å²) in [4.78, 5) is 0. The van der Waals surface area contributed by atoms with Gasteiger partial charge in [0.15, 0.2) is 0 Å². The Kier molecular flexibility index (Phi) is 5.11. The van der Waals surface area contributed by atoms with Crippen LogP contribution < -0.4 is 18.9 Å². The van der Waals surface area contributed by atoms with Gasteiger partial charge in [-0.05, 0) is 18.1 Å². The van der Waals surface area contributed by atoms with Crippen molar-refractivity contribution in [3.05, 3.63) is 83.4 Å². The zero-order valence-corrected chi connectivity index (χ0v) is 16.3. The van der Waals surface area contributed by atoms with E-state index in [-0.39, 0.29) is 12.0 Å². The SMILES string of the molecule is COc1cc(OC)c(C2CC(c3ccccc3)Oc3ccccc32)c(OC)c1. The zero-order chi connectivity index (χ0) is 19.5. The molecule has 1 aliphatic heterocycles. The van der Waals surface area contributed by atoms with E-state index in [1.807, 2.05) is 48.5 Å². The molecule has 0 radical (unpaired) electrons. The molecular weight excluding hydrogens is 352 g/mol. The van der Waals surface area contributed by atoms with Crippen molar-refractivity contribution in [2.45, 2.75) is 18.4 Å². The Morgan fingerprint density at radius 1 is 0.786 bits per heavy atom. The van der Waals surface area contributed by atoms with Gasteiger partial charge in [-0.3, -0.25) is 0 Å². The number of benzene rings is 3. The summed E-state index contributed by atoms with van der Waals surface area (Å²) in [6.07, 6.45) is 0.748. The highest BCUT2D eigenvalue weighted by Gasteiger charge is 2.34. The Morgan fingerprint density at radius 3 is 2.07 bits per heavy atom. The van der Waals surface area contributed by atoms with E-state index in [0.717, 1.165) is 40.4 Å². The van der Waals surface area contributed by atoms with Crippen LogP contribution in [0, 0.1) is 0 Å². The van der Waals surface area contributed by atoms with Gasteiger partial charge in [0.25, 0.3) is 0 Å². The number of fused-ring (bicyclic) bond motifs is 1. The van der Waals surface area contributed by atoms with Gasteiger partial charge < -0.3 is 18.9 Å². The maximum absolute atomic E-state index is 6.36. The molecule has 3 aromatic carbocycles. The molecule has 4 rings (SSSR count). The van der Waals surface area contributed by atoms with Gasteiger partial charge in [-0.15, -0.1) is 0 Å². The fourth-order valence-corrected chi connectivity index (χ4v) is 3.94. The van der Waals surface area contributed by atoms with Crippen molar-refractivity contribution in [3.8, 4) is 23.0 Å². The minimum absolute atomic E-state index is 0.0439. The van der Waals surface area contributed by atoms with E-state index < -0.39 is 0 Å². The fourth-order valence-electron chi connectivity index (χ4n) is 3.94. The van der Waals surface area contributed by atoms with E-state index >= 15 is 0 Å². The first-order valence-electron chi connectivity index (χ1n) is 9.35. The molecule has 0 saturated carbocycles. The summed E-state index contributed by atoms with van der Waals surface area (Å²) in [5, 5.41) is 0. The van der Waals surface area contributed by atoms with E-state index in [1.54, 1.807) is 21.3 Å². The van der Waals surface area contributed by atoms with Gasteiger partial charge in [-0.2, -0.15) is 0 Å². The largest absolute Gasteiger partial charge is 0.496 e. The van der Waals surface area contributed by atoms with Gasteiger partial charge in [0, 0.05) is 29.2 Å². The van der Waals surface area contributed by atoms with Crippen LogP contribution in [0.4, 0.5) is 0 Å². The normalized spacial score (nSPS) is 18.0. The predicted octanol–water partition coefficient (Wildman–Crippen LogP) is 5.37. The Morgan fingerprint density at radius 2 is 1.43 bits per heavy atom. The lowest BCUT2D eigenvalue weighted by Gasteiger charge is -2.34. The summed E-state index contributed by atoms with van der Waals surface area (Å²) in [5.41, 5.74) is 3.31. The molecule has 4 nitrogen and oxygen atoms in total. The molecule has 1 aliphatic rings. The van der Waals surface area contributed by atoms with Gasteiger partial charge in [-0.25, -0.2) is 0 Å².